The van der Waals surface area contributed by atoms with Gasteiger partial charge in [-0.2, -0.15) is 0 Å². The Kier molecular flexibility index (Phi) is 6.81. The van der Waals surface area contributed by atoms with Crippen molar-refractivity contribution in [3.8, 4) is 0 Å². The Morgan fingerprint density at radius 2 is 2.00 bits per heavy atom. The first-order valence-electron chi connectivity index (χ1n) is 8.46. The Morgan fingerprint density at radius 1 is 1.39 bits per heavy atom. The van der Waals surface area contributed by atoms with Crippen LogP contribution in [0.2, 0.25) is 0 Å². The molecule has 2 N–H and O–H groups in total. The van der Waals surface area contributed by atoms with Gasteiger partial charge in [-0.1, -0.05) is 32.4 Å². The summed E-state index contributed by atoms with van der Waals surface area (Å²) in [6.45, 7) is 14.3. The van der Waals surface area contributed by atoms with E-state index < -0.39 is 11.6 Å². The van der Waals surface area contributed by atoms with Gasteiger partial charge >= 0.3 is 5.97 Å². The fraction of sp³-hybridized carbons (Fsp3) is 0.778. The molecule has 1 aliphatic heterocycles. The van der Waals surface area contributed by atoms with Gasteiger partial charge in [-0.05, 0) is 40.0 Å². The van der Waals surface area contributed by atoms with Crippen molar-refractivity contribution in [2.45, 2.75) is 72.6 Å². The first-order chi connectivity index (χ1) is 10.5. The number of carbonyl (C=O) groups is 2. The lowest BCUT2D eigenvalue weighted by molar-refractivity contribution is -0.159. The molecule has 0 aliphatic carbocycles. The number of hydrogen-bond acceptors (Lipinski definition) is 4. The Morgan fingerprint density at radius 3 is 2.43 bits per heavy atom. The summed E-state index contributed by atoms with van der Waals surface area (Å²) in [5.41, 5.74) is 0.663. The van der Waals surface area contributed by atoms with Crippen molar-refractivity contribution in [2.75, 3.05) is 6.54 Å². The minimum atomic E-state index is -0.606. The highest BCUT2D eigenvalue weighted by Crippen LogP contribution is 2.21. The highest BCUT2D eigenvalue weighted by molar-refractivity contribution is 5.88. The molecule has 132 valence electrons. The maximum absolute atomic E-state index is 12.6. The van der Waals surface area contributed by atoms with Gasteiger partial charge in [0.25, 0.3) is 0 Å². The zero-order valence-corrected chi connectivity index (χ0v) is 15.5. The standard InChI is InChI=1S/C18H32N2O3/c1-8-13-10-19-15(12(13)4)16(21)20-14(9-11(2)3)17(22)23-18(5,6)7/h8,11-12,14-15,19H,9-10H2,1-7H3,(H,20,21)/b13-8-/t12-,14+,15+/m1/s1. The second-order valence-corrected chi connectivity index (χ2v) is 7.74. The monoisotopic (exact) mass is 324 g/mol. The van der Waals surface area contributed by atoms with Crippen LogP contribution in [0.15, 0.2) is 11.6 Å². The molecule has 1 saturated heterocycles. The zero-order chi connectivity index (χ0) is 17.8. The summed E-state index contributed by atoms with van der Waals surface area (Å²) < 4.78 is 5.45. The van der Waals surface area contributed by atoms with Gasteiger partial charge < -0.3 is 15.4 Å². The normalized spacial score (nSPS) is 24.8. The van der Waals surface area contributed by atoms with Gasteiger partial charge in [0, 0.05) is 12.5 Å². The summed E-state index contributed by atoms with van der Waals surface area (Å²) in [6.07, 6.45) is 2.61. The summed E-state index contributed by atoms with van der Waals surface area (Å²) in [4.78, 5) is 24.9. The maximum Gasteiger partial charge on any atom is 0.329 e. The molecule has 0 saturated carbocycles. The second kappa shape index (κ2) is 7.95. The van der Waals surface area contributed by atoms with Crippen LogP contribution in [-0.4, -0.2) is 36.1 Å². The van der Waals surface area contributed by atoms with Gasteiger partial charge in [0.1, 0.15) is 11.6 Å². The highest BCUT2D eigenvalue weighted by atomic mass is 16.6. The van der Waals surface area contributed by atoms with E-state index in [0.717, 1.165) is 6.54 Å². The molecule has 5 heteroatoms. The summed E-state index contributed by atoms with van der Waals surface area (Å²) in [5, 5.41) is 6.11. The minimum absolute atomic E-state index is 0.133. The van der Waals surface area contributed by atoms with Gasteiger partial charge in [-0.15, -0.1) is 0 Å². The molecule has 5 nitrogen and oxygen atoms in total. The van der Waals surface area contributed by atoms with Crippen LogP contribution in [0.3, 0.4) is 0 Å². The van der Waals surface area contributed by atoms with Crippen molar-refractivity contribution in [3.63, 3.8) is 0 Å². The summed E-state index contributed by atoms with van der Waals surface area (Å²) in [5.74, 6) is -0.0754. The van der Waals surface area contributed by atoms with Gasteiger partial charge in [0.05, 0.1) is 6.04 Å². The minimum Gasteiger partial charge on any atom is -0.458 e. The molecule has 23 heavy (non-hydrogen) atoms. The van der Waals surface area contributed by atoms with E-state index in [1.807, 2.05) is 54.5 Å². The summed E-state index contributed by atoms with van der Waals surface area (Å²) in [7, 11) is 0. The number of rotatable bonds is 5. The molecule has 0 bridgehead atoms. The first kappa shape index (κ1) is 19.7. The number of amides is 1. The van der Waals surface area contributed by atoms with E-state index in [0.29, 0.717) is 6.42 Å². The lowest BCUT2D eigenvalue weighted by atomic mass is 9.96. The topological polar surface area (TPSA) is 67.4 Å². The van der Waals surface area contributed by atoms with Crippen LogP contribution in [0.1, 0.15) is 54.9 Å². The Bertz CT molecular complexity index is 463. The van der Waals surface area contributed by atoms with E-state index in [9.17, 15) is 9.59 Å². The van der Waals surface area contributed by atoms with Crippen LogP contribution < -0.4 is 10.6 Å². The highest BCUT2D eigenvalue weighted by Gasteiger charge is 2.35. The van der Waals surface area contributed by atoms with Gasteiger partial charge in [-0.25, -0.2) is 4.79 Å². The third-order valence-electron chi connectivity index (χ3n) is 3.98. The molecule has 1 aliphatic rings. The molecule has 0 spiro atoms. The van der Waals surface area contributed by atoms with Crippen molar-refractivity contribution in [3.05, 3.63) is 11.6 Å². The number of allylic oxidation sites excluding steroid dienone is 1. The first-order valence-corrected chi connectivity index (χ1v) is 8.46. The van der Waals surface area contributed by atoms with E-state index in [1.165, 1.54) is 5.57 Å². The SMILES string of the molecule is C/C=C1/CN[C@H](C(=O)N[C@@H](CC(C)C)C(=O)OC(C)(C)C)[C@@H]1C. The van der Waals surface area contributed by atoms with Crippen LogP contribution in [0.5, 0.6) is 0 Å². The van der Waals surface area contributed by atoms with Gasteiger partial charge in [0.15, 0.2) is 0 Å². The third-order valence-corrected chi connectivity index (χ3v) is 3.98. The number of ether oxygens (including phenoxy) is 1. The van der Waals surface area contributed by atoms with Crippen LogP contribution in [0.25, 0.3) is 0 Å². The van der Waals surface area contributed by atoms with E-state index in [4.69, 9.17) is 4.74 Å². The molecule has 0 unspecified atom stereocenters. The van der Waals surface area contributed by atoms with Gasteiger partial charge in [-0.3, -0.25) is 4.79 Å². The van der Waals surface area contributed by atoms with Crippen molar-refractivity contribution >= 4 is 11.9 Å². The predicted octanol–water partition coefficient (Wildman–Crippen LogP) is 2.41. The molecule has 3 atom stereocenters. The smallest absolute Gasteiger partial charge is 0.329 e. The quantitative estimate of drug-likeness (QED) is 0.602. The van der Waals surface area contributed by atoms with E-state index >= 15 is 0 Å². The van der Waals surface area contributed by atoms with Crippen molar-refractivity contribution in [2.24, 2.45) is 11.8 Å². The second-order valence-electron chi connectivity index (χ2n) is 7.74. The van der Waals surface area contributed by atoms with Crippen molar-refractivity contribution < 1.29 is 14.3 Å². The van der Waals surface area contributed by atoms with Crippen molar-refractivity contribution in [1.29, 1.82) is 0 Å². The average molecular weight is 324 g/mol. The lowest BCUT2D eigenvalue weighted by Gasteiger charge is -2.27. The van der Waals surface area contributed by atoms with Crippen molar-refractivity contribution in [1.82, 2.24) is 10.6 Å². The summed E-state index contributed by atoms with van der Waals surface area (Å²) in [6, 6.07) is -0.899. The number of nitrogens with one attached hydrogen (secondary N) is 2. The molecular weight excluding hydrogens is 292 g/mol. The largest absolute Gasteiger partial charge is 0.458 e. The molecule has 0 aromatic rings. The third kappa shape index (κ3) is 5.98. The van der Waals surface area contributed by atoms with Crippen LogP contribution in [0.4, 0.5) is 0 Å². The maximum atomic E-state index is 12.6. The molecule has 1 fully saturated rings. The average Bonchev–Trinajstić information content (AvgIpc) is 2.76. The molecule has 1 amide bonds. The van der Waals surface area contributed by atoms with Crippen LogP contribution in [0, 0.1) is 11.8 Å². The molecule has 1 heterocycles. The fourth-order valence-electron chi connectivity index (χ4n) is 2.78. The Balaban J connectivity index is 2.77. The van der Waals surface area contributed by atoms with Crippen LogP contribution in [-0.2, 0) is 14.3 Å². The lowest BCUT2D eigenvalue weighted by Crippen LogP contribution is -2.51. The molecule has 0 aromatic heterocycles. The molecule has 0 radical (unpaired) electrons. The van der Waals surface area contributed by atoms with E-state index in [2.05, 4.69) is 10.6 Å². The molecule has 1 rings (SSSR count). The fourth-order valence-corrected chi connectivity index (χ4v) is 2.78. The number of carbonyl (C=O) groups excluding carboxylic acids is 2. The zero-order valence-electron chi connectivity index (χ0n) is 15.5. The van der Waals surface area contributed by atoms with Gasteiger partial charge in [0.2, 0.25) is 5.91 Å². The summed E-state index contributed by atoms with van der Waals surface area (Å²) >= 11 is 0. The predicted molar refractivity (Wildman–Crippen MR) is 91.9 cm³/mol. The molecular formula is C18H32N2O3. The Hall–Kier alpha value is -1.36. The van der Waals surface area contributed by atoms with Crippen LogP contribution >= 0.6 is 0 Å². The van der Waals surface area contributed by atoms with E-state index in [-0.39, 0.29) is 29.8 Å². The Labute approximate surface area is 140 Å². The number of esters is 1. The van der Waals surface area contributed by atoms with E-state index in [1.54, 1.807) is 0 Å². The number of hydrogen-bond donors (Lipinski definition) is 2. The molecule has 0 aromatic carbocycles.